The minimum Gasteiger partial charge on any atom is -0.130 e. The van der Waals surface area contributed by atoms with Crippen LogP contribution in [0.3, 0.4) is 0 Å². The summed E-state index contributed by atoms with van der Waals surface area (Å²) in [5.74, 6) is 0. The summed E-state index contributed by atoms with van der Waals surface area (Å²) < 4.78 is 0. The molecular formula is C9H14S. The van der Waals surface area contributed by atoms with Gasteiger partial charge in [-0.15, -0.1) is 11.8 Å². The van der Waals surface area contributed by atoms with E-state index < -0.39 is 0 Å². The summed E-state index contributed by atoms with van der Waals surface area (Å²) in [6.07, 6.45) is 10.1. The zero-order valence-corrected chi connectivity index (χ0v) is 7.66. The Balaban J connectivity index is 2.63. The normalized spacial score (nSPS) is 22.5. The molecule has 0 unspecified atom stereocenters. The van der Waals surface area contributed by atoms with Gasteiger partial charge in [0.15, 0.2) is 0 Å². The predicted octanol–water partition coefficient (Wildman–Crippen LogP) is 3.22. The molecule has 0 aromatic heterocycles. The monoisotopic (exact) mass is 154 g/mol. The van der Waals surface area contributed by atoms with Gasteiger partial charge in [-0.2, -0.15) is 0 Å². The number of thioether (sulfide) groups is 1. The fraction of sp³-hybridized carbons (Fsp3) is 0.556. The van der Waals surface area contributed by atoms with E-state index >= 15 is 0 Å². The minimum atomic E-state index is 0.388. The first kappa shape index (κ1) is 7.93. The van der Waals surface area contributed by atoms with Crippen LogP contribution in [0.1, 0.15) is 20.3 Å². The van der Waals surface area contributed by atoms with Crippen LogP contribution in [0.5, 0.6) is 0 Å². The van der Waals surface area contributed by atoms with Crippen molar-refractivity contribution in [2.45, 2.75) is 20.3 Å². The zero-order valence-electron chi connectivity index (χ0n) is 6.85. The molecule has 0 nitrogen and oxygen atoms in total. The molecule has 0 atom stereocenters. The highest BCUT2D eigenvalue weighted by atomic mass is 32.2. The zero-order chi connectivity index (χ0) is 7.61. The summed E-state index contributed by atoms with van der Waals surface area (Å²) in [5.41, 5.74) is 0.388. The molecular weight excluding hydrogens is 140 g/mol. The summed E-state index contributed by atoms with van der Waals surface area (Å²) >= 11 is 1.82. The lowest BCUT2D eigenvalue weighted by Gasteiger charge is -2.21. The first-order valence-electron chi connectivity index (χ1n) is 3.57. The van der Waals surface area contributed by atoms with Gasteiger partial charge in [-0.05, 0) is 18.1 Å². The third-order valence-corrected chi connectivity index (χ3v) is 2.54. The second-order valence-electron chi connectivity index (χ2n) is 3.34. The largest absolute Gasteiger partial charge is 0.130 e. The standard InChI is InChI=1S/C9H14S/c1-9(2)6-4-8(10-3)5-7-9/h4-6H,7H2,1-3H3. The van der Waals surface area contributed by atoms with Gasteiger partial charge in [0, 0.05) is 4.91 Å². The van der Waals surface area contributed by atoms with E-state index in [4.69, 9.17) is 0 Å². The van der Waals surface area contributed by atoms with Crippen molar-refractivity contribution in [1.29, 1.82) is 0 Å². The number of rotatable bonds is 1. The average Bonchev–Trinajstić information content (AvgIpc) is 1.88. The van der Waals surface area contributed by atoms with E-state index in [1.807, 2.05) is 11.8 Å². The van der Waals surface area contributed by atoms with E-state index in [2.05, 4.69) is 38.3 Å². The predicted molar refractivity (Wildman–Crippen MR) is 49.1 cm³/mol. The van der Waals surface area contributed by atoms with Gasteiger partial charge >= 0.3 is 0 Å². The molecule has 0 aliphatic heterocycles. The van der Waals surface area contributed by atoms with Crippen molar-refractivity contribution >= 4 is 11.8 Å². The smallest absolute Gasteiger partial charge is 0.00265 e. The van der Waals surface area contributed by atoms with Gasteiger partial charge in [-0.1, -0.05) is 32.1 Å². The Bertz CT molecular complexity index is 175. The van der Waals surface area contributed by atoms with E-state index in [1.54, 1.807) is 0 Å². The van der Waals surface area contributed by atoms with Gasteiger partial charge in [0.1, 0.15) is 0 Å². The summed E-state index contributed by atoms with van der Waals surface area (Å²) in [6.45, 7) is 4.52. The maximum Gasteiger partial charge on any atom is 0.00265 e. The molecule has 0 amide bonds. The van der Waals surface area contributed by atoms with Crippen LogP contribution < -0.4 is 0 Å². The third kappa shape index (κ3) is 1.91. The van der Waals surface area contributed by atoms with Crippen molar-refractivity contribution in [2.24, 2.45) is 5.41 Å². The summed E-state index contributed by atoms with van der Waals surface area (Å²) in [5, 5.41) is 0. The fourth-order valence-corrected chi connectivity index (χ4v) is 1.41. The highest BCUT2D eigenvalue weighted by Gasteiger charge is 2.14. The molecule has 0 N–H and O–H groups in total. The lowest BCUT2D eigenvalue weighted by atomic mass is 9.86. The summed E-state index contributed by atoms with van der Waals surface area (Å²) in [4.78, 5) is 1.40. The van der Waals surface area contributed by atoms with Crippen LogP contribution in [0.15, 0.2) is 23.1 Å². The lowest BCUT2D eigenvalue weighted by molar-refractivity contribution is 0.484. The average molecular weight is 154 g/mol. The van der Waals surface area contributed by atoms with E-state index in [9.17, 15) is 0 Å². The molecule has 1 aliphatic rings. The number of allylic oxidation sites excluding steroid dienone is 3. The van der Waals surface area contributed by atoms with Gasteiger partial charge in [-0.25, -0.2) is 0 Å². The van der Waals surface area contributed by atoms with E-state index in [0.29, 0.717) is 5.41 Å². The first-order chi connectivity index (χ1) is 4.64. The Kier molecular flexibility index (Phi) is 2.24. The molecule has 0 bridgehead atoms. The van der Waals surface area contributed by atoms with Gasteiger partial charge < -0.3 is 0 Å². The first-order valence-corrected chi connectivity index (χ1v) is 4.80. The Labute approximate surface area is 67.4 Å². The van der Waals surface area contributed by atoms with Crippen LogP contribution in [0.2, 0.25) is 0 Å². The Morgan fingerprint density at radius 1 is 1.50 bits per heavy atom. The fourth-order valence-electron chi connectivity index (χ4n) is 0.959. The van der Waals surface area contributed by atoms with Gasteiger partial charge in [0.2, 0.25) is 0 Å². The van der Waals surface area contributed by atoms with Crippen molar-refractivity contribution in [1.82, 2.24) is 0 Å². The second-order valence-corrected chi connectivity index (χ2v) is 4.22. The van der Waals surface area contributed by atoms with Crippen molar-refractivity contribution < 1.29 is 0 Å². The molecule has 1 rings (SSSR count). The number of hydrogen-bond donors (Lipinski definition) is 0. The van der Waals surface area contributed by atoms with Crippen LogP contribution in [0.4, 0.5) is 0 Å². The van der Waals surface area contributed by atoms with E-state index in [1.165, 1.54) is 11.3 Å². The van der Waals surface area contributed by atoms with Gasteiger partial charge in [0.05, 0.1) is 0 Å². The maximum absolute atomic E-state index is 2.31. The quantitative estimate of drug-likeness (QED) is 0.559. The highest BCUT2D eigenvalue weighted by molar-refractivity contribution is 8.02. The van der Waals surface area contributed by atoms with Crippen molar-refractivity contribution in [3.8, 4) is 0 Å². The van der Waals surface area contributed by atoms with Gasteiger partial charge in [0.25, 0.3) is 0 Å². The van der Waals surface area contributed by atoms with Crippen LogP contribution in [0, 0.1) is 5.41 Å². The van der Waals surface area contributed by atoms with Crippen molar-refractivity contribution in [2.75, 3.05) is 6.26 Å². The van der Waals surface area contributed by atoms with Crippen LogP contribution in [0.25, 0.3) is 0 Å². The Hall–Kier alpha value is -0.170. The van der Waals surface area contributed by atoms with Crippen LogP contribution in [-0.4, -0.2) is 6.26 Å². The Morgan fingerprint density at radius 3 is 2.60 bits per heavy atom. The molecule has 56 valence electrons. The SMILES string of the molecule is CSC1=CCC(C)(C)C=C1. The molecule has 0 aromatic carbocycles. The molecule has 0 heterocycles. The minimum absolute atomic E-state index is 0.388. The van der Waals surface area contributed by atoms with Crippen molar-refractivity contribution in [3.05, 3.63) is 23.1 Å². The molecule has 10 heavy (non-hydrogen) atoms. The molecule has 1 aliphatic carbocycles. The molecule has 0 saturated carbocycles. The molecule has 0 fully saturated rings. The van der Waals surface area contributed by atoms with E-state index in [0.717, 1.165) is 0 Å². The summed E-state index contributed by atoms with van der Waals surface area (Å²) in [7, 11) is 0. The molecule has 0 radical (unpaired) electrons. The second kappa shape index (κ2) is 2.83. The maximum atomic E-state index is 2.31. The number of hydrogen-bond acceptors (Lipinski definition) is 1. The van der Waals surface area contributed by atoms with E-state index in [-0.39, 0.29) is 0 Å². The summed E-state index contributed by atoms with van der Waals surface area (Å²) in [6, 6.07) is 0. The Morgan fingerprint density at radius 2 is 2.20 bits per heavy atom. The van der Waals surface area contributed by atoms with Crippen LogP contribution in [-0.2, 0) is 0 Å². The lowest BCUT2D eigenvalue weighted by Crippen LogP contribution is -2.08. The highest BCUT2D eigenvalue weighted by Crippen LogP contribution is 2.31. The molecule has 0 saturated heterocycles. The molecule has 0 spiro atoms. The molecule has 1 heteroatoms. The molecule has 0 aromatic rings. The van der Waals surface area contributed by atoms with Crippen molar-refractivity contribution in [3.63, 3.8) is 0 Å². The van der Waals surface area contributed by atoms with Crippen LogP contribution >= 0.6 is 11.8 Å². The van der Waals surface area contributed by atoms with Gasteiger partial charge in [-0.3, -0.25) is 0 Å². The topological polar surface area (TPSA) is 0 Å². The third-order valence-electron chi connectivity index (χ3n) is 1.76.